The summed E-state index contributed by atoms with van der Waals surface area (Å²) in [5, 5.41) is 12.3. The molecular formula is C66H82. The molecule has 66 heavy (non-hydrogen) atoms. The minimum absolute atomic E-state index is 0. The van der Waals surface area contributed by atoms with Gasteiger partial charge in [-0.3, -0.25) is 0 Å². The van der Waals surface area contributed by atoms with Crippen LogP contribution in [0.2, 0.25) is 0 Å². The second-order valence-electron chi connectivity index (χ2n) is 13.9. The molecule has 0 heteroatoms. The second kappa shape index (κ2) is 31.4. The number of unbranched alkanes of at least 4 members (excludes halogenated alkanes) is 1. The first kappa shape index (κ1) is 57.5. The zero-order chi connectivity index (χ0) is 48.3. The predicted octanol–water partition coefficient (Wildman–Crippen LogP) is 20.0. The van der Waals surface area contributed by atoms with Crippen LogP contribution in [0.3, 0.4) is 0 Å². The molecule has 9 aromatic carbocycles. The Morgan fingerprint density at radius 2 is 0.833 bits per heavy atom. The van der Waals surface area contributed by atoms with Gasteiger partial charge < -0.3 is 0 Å². The lowest BCUT2D eigenvalue weighted by atomic mass is 9.81. The highest BCUT2D eigenvalue weighted by Gasteiger charge is 2.22. The quantitative estimate of drug-likeness (QED) is 0.119. The Morgan fingerprint density at radius 3 is 1.36 bits per heavy atom. The highest BCUT2D eigenvalue weighted by Crippen LogP contribution is 2.44. The smallest absolute Gasteiger partial charge is 0.00200 e. The van der Waals surface area contributed by atoms with Crippen molar-refractivity contribution in [2.75, 3.05) is 0 Å². The molecule has 9 aromatic rings. The van der Waals surface area contributed by atoms with Crippen LogP contribution in [0, 0.1) is 6.92 Å². The summed E-state index contributed by atoms with van der Waals surface area (Å²) in [5.41, 5.74) is 9.71. The van der Waals surface area contributed by atoms with Gasteiger partial charge in [-0.1, -0.05) is 274 Å². The van der Waals surface area contributed by atoms with Crippen LogP contribution >= 0.6 is 0 Å². The van der Waals surface area contributed by atoms with Gasteiger partial charge in [-0.25, -0.2) is 0 Å². The summed E-state index contributed by atoms with van der Waals surface area (Å²) in [6, 6.07) is 64.0. The van der Waals surface area contributed by atoms with Gasteiger partial charge in [0.1, 0.15) is 0 Å². The van der Waals surface area contributed by atoms with Gasteiger partial charge in [0.25, 0.3) is 0 Å². The monoisotopic (exact) mass is 875 g/mol. The van der Waals surface area contributed by atoms with Crippen LogP contribution in [0.15, 0.2) is 189 Å². The van der Waals surface area contributed by atoms with Crippen molar-refractivity contribution in [3.63, 3.8) is 0 Å². The van der Waals surface area contributed by atoms with Gasteiger partial charge in [0, 0.05) is 0 Å². The summed E-state index contributed by atoms with van der Waals surface area (Å²) in [5.74, 6) is 0. The van der Waals surface area contributed by atoms with Gasteiger partial charge in [0.2, 0.25) is 0 Å². The molecule has 0 atom stereocenters. The second-order valence-corrected chi connectivity index (χ2v) is 13.9. The summed E-state index contributed by atoms with van der Waals surface area (Å²) in [4.78, 5) is 0. The molecule has 0 bridgehead atoms. The van der Waals surface area contributed by atoms with Gasteiger partial charge in [-0.05, 0) is 117 Å². The number of benzene rings is 9. The molecule has 0 N–H and O–H groups in total. The minimum atomic E-state index is 0. The van der Waals surface area contributed by atoms with Crippen molar-refractivity contribution in [1.29, 1.82) is 0 Å². The van der Waals surface area contributed by atoms with Crippen molar-refractivity contribution in [3.8, 4) is 22.3 Å². The van der Waals surface area contributed by atoms with Crippen LogP contribution in [0.5, 0.6) is 0 Å². The van der Waals surface area contributed by atoms with Gasteiger partial charge in [0.05, 0.1) is 0 Å². The summed E-state index contributed by atoms with van der Waals surface area (Å²) in [6.07, 6.45) is 2.64. The maximum Gasteiger partial charge on any atom is -0.00200 e. The molecule has 0 nitrogen and oxygen atoms in total. The van der Waals surface area contributed by atoms with E-state index in [4.69, 9.17) is 0 Å². The summed E-state index contributed by atoms with van der Waals surface area (Å²) < 4.78 is 0. The van der Waals surface area contributed by atoms with E-state index in [0.29, 0.717) is 0 Å². The molecule has 0 aliphatic heterocycles. The molecular weight excluding hydrogens is 793 g/mol. The Labute approximate surface area is 402 Å². The zero-order valence-electron chi connectivity index (χ0n) is 42.3. The molecule has 0 spiro atoms. The number of aryl methyl sites for hydroxylation is 1. The van der Waals surface area contributed by atoms with E-state index >= 15 is 0 Å². The van der Waals surface area contributed by atoms with Gasteiger partial charge >= 0.3 is 0 Å². The summed E-state index contributed by atoms with van der Waals surface area (Å²) in [7, 11) is 0. The SMILES string of the molecule is C.C=C.C=c1ccc2ccccc2/c1=C(\c1cccc(-c2ccccc2)c1)c1cc2c3ccccc3c3ccccc3c2c(C)c1-c1ccccc1.CC.CC.CC.CC.CC.CCCC. The highest BCUT2D eigenvalue weighted by atomic mass is 14.2. The molecule has 9 rings (SSSR count). The van der Waals surface area contributed by atoms with Crippen molar-refractivity contribution in [2.24, 2.45) is 0 Å². The third-order valence-electron chi connectivity index (χ3n) is 10.6. The molecule has 0 aliphatic rings. The number of hydrogen-bond acceptors (Lipinski definition) is 0. The van der Waals surface area contributed by atoms with Crippen LogP contribution in [0.25, 0.3) is 77.5 Å². The third kappa shape index (κ3) is 13.1. The van der Waals surface area contributed by atoms with Crippen molar-refractivity contribution >= 4 is 55.2 Å². The van der Waals surface area contributed by atoms with Crippen molar-refractivity contribution in [1.82, 2.24) is 0 Å². The van der Waals surface area contributed by atoms with Crippen LogP contribution in [-0.4, -0.2) is 0 Å². The molecule has 346 valence electrons. The highest BCUT2D eigenvalue weighted by molar-refractivity contribution is 6.27. The Morgan fingerprint density at radius 1 is 0.409 bits per heavy atom. The molecule has 0 saturated heterocycles. The molecule has 0 fully saturated rings. The molecule has 0 unspecified atom stereocenters. The van der Waals surface area contributed by atoms with Crippen LogP contribution < -0.4 is 10.4 Å². The largest absolute Gasteiger partial charge is 0.106 e. The average molecular weight is 875 g/mol. The fourth-order valence-electron chi connectivity index (χ4n) is 7.97. The lowest BCUT2D eigenvalue weighted by molar-refractivity contribution is 0.886. The lowest BCUT2D eigenvalue weighted by Crippen LogP contribution is -2.27. The molecule has 0 aliphatic carbocycles. The molecule has 0 amide bonds. The third-order valence-corrected chi connectivity index (χ3v) is 10.6. The van der Waals surface area contributed by atoms with E-state index in [1.807, 2.05) is 69.2 Å². The van der Waals surface area contributed by atoms with E-state index in [1.54, 1.807) is 0 Å². The van der Waals surface area contributed by atoms with E-state index < -0.39 is 0 Å². The first-order valence-corrected chi connectivity index (χ1v) is 24.4. The minimum Gasteiger partial charge on any atom is -0.106 e. The molecule has 0 radical (unpaired) electrons. The molecule has 0 heterocycles. The van der Waals surface area contributed by atoms with Crippen molar-refractivity contribution in [3.05, 3.63) is 216 Å². The summed E-state index contributed by atoms with van der Waals surface area (Å²) >= 11 is 0. The van der Waals surface area contributed by atoms with Gasteiger partial charge in [0.15, 0.2) is 0 Å². The van der Waals surface area contributed by atoms with E-state index in [9.17, 15) is 0 Å². The zero-order valence-corrected chi connectivity index (χ0v) is 42.3. The maximum absolute atomic E-state index is 4.68. The Kier molecular flexibility index (Phi) is 27.4. The number of fused-ring (bicyclic) bond motifs is 7. The Hall–Kier alpha value is -6.50. The Bertz CT molecular complexity index is 2880. The first-order chi connectivity index (χ1) is 32.1. The van der Waals surface area contributed by atoms with Crippen molar-refractivity contribution < 1.29 is 0 Å². The van der Waals surface area contributed by atoms with Gasteiger partial charge in [-0.2, -0.15) is 0 Å². The standard InChI is InChI=1S/C49H34.C4H10.5C2H6.C2H4.CH4/c1-32-28-29-35-18-9-10-23-39(35)46(32)49(38-22-15-21-37(30-38)34-16-5-3-6-17-34)45-31-44-42-26-12-11-24-40(42)41-25-13-14-27-43(41)48(44)33(2)47(45)36-19-7-4-8-20-36;1-3-4-2;6*1-2;/h3-31H,1H2,2H3;3-4H2,1-2H3;5*1-2H3;1-2H2;1H4/b49-46+;;;;;;;;. The van der Waals surface area contributed by atoms with Crippen LogP contribution in [0.1, 0.15) is 120 Å². The normalized spacial score (nSPS) is 10.0. The fraction of sp³-hybridized carbons (Fsp3) is 0.242. The number of hydrogen-bond donors (Lipinski definition) is 0. The van der Waals surface area contributed by atoms with Crippen molar-refractivity contribution in [2.45, 2.75) is 110 Å². The molecule has 0 saturated carbocycles. The number of rotatable bonds is 5. The van der Waals surface area contributed by atoms with Gasteiger partial charge in [-0.15, -0.1) is 13.2 Å². The van der Waals surface area contributed by atoms with Crippen LogP contribution in [0.4, 0.5) is 0 Å². The van der Waals surface area contributed by atoms with E-state index in [0.717, 1.165) is 5.22 Å². The first-order valence-electron chi connectivity index (χ1n) is 24.4. The van der Waals surface area contributed by atoms with E-state index in [2.05, 4.69) is 216 Å². The van der Waals surface area contributed by atoms with E-state index in [1.165, 1.54) is 106 Å². The van der Waals surface area contributed by atoms with Crippen LogP contribution in [-0.2, 0) is 0 Å². The predicted molar refractivity (Wildman–Crippen MR) is 307 cm³/mol. The summed E-state index contributed by atoms with van der Waals surface area (Å²) in [6.45, 7) is 37.4. The average Bonchev–Trinajstić information content (AvgIpc) is 3.41. The van der Waals surface area contributed by atoms with E-state index in [-0.39, 0.29) is 7.43 Å². The molecule has 0 aromatic heterocycles. The fourth-order valence-corrected chi connectivity index (χ4v) is 7.97. The maximum atomic E-state index is 4.68. The lowest BCUT2D eigenvalue weighted by Gasteiger charge is -2.22. The Balaban J connectivity index is 0.00000115. The topological polar surface area (TPSA) is 0 Å².